The molecule has 0 aliphatic heterocycles. The van der Waals surface area contributed by atoms with E-state index in [1.54, 1.807) is 0 Å². The van der Waals surface area contributed by atoms with Crippen LogP contribution in [0.3, 0.4) is 0 Å². The predicted octanol–water partition coefficient (Wildman–Crippen LogP) is 5.56. The van der Waals surface area contributed by atoms with Crippen molar-refractivity contribution in [2.75, 3.05) is 24.2 Å². The second-order valence-corrected chi connectivity index (χ2v) is 12.5. The van der Waals surface area contributed by atoms with Crippen LogP contribution in [-0.2, 0) is 32.6 Å². The first kappa shape index (κ1) is 30.2. The van der Waals surface area contributed by atoms with Crippen LogP contribution >= 0.6 is 50.7 Å². The number of halogens is 4. The fraction of sp³-hybridized carbons (Fsp3) is 0.231. The number of likely N-dealkylation sites (N-methyl/N-ethyl adjacent to an activating group) is 1. The molecule has 0 saturated carbocycles. The standard InChI is InChI=1S/C26H25BrCl3N3O4S/c1-31-26(35)24(12-17-6-4-3-5-7-17)32(15-18-8-10-19(27)11-9-18)25(34)16-33(38(2,36)37)23-14-21(29)20(28)13-22(23)30/h3-11,13-14,24H,12,15-16H2,1-2H3,(H,31,35)/t24-/m1/s1. The zero-order chi connectivity index (χ0) is 28.0. The van der Waals surface area contributed by atoms with E-state index >= 15 is 0 Å². The van der Waals surface area contributed by atoms with Gasteiger partial charge in [0.1, 0.15) is 12.6 Å². The highest BCUT2D eigenvalue weighted by atomic mass is 79.9. The third-order valence-electron chi connectivity index (χ3n) is 5.72. The Hall–Kier alpha value is -2.30. The maximum Gasteiger partial charge on any atom is 0.244 e. The number of benzene rings is 3. The zero-order valence-electron chi connectivity index (χ0n) is 20.5. The van der Waals surface area contributed by atoms with Gasteiger partial charge in [-0.1, -0.05) is 93.2 Å². The minimum atomic E-state index is -3.99. The number of sulfonamides is 1. The second-order valence-electron chi connectivity index (χ2n) is 8.46. The number of rotatable bonds is 10. The molecule has 1 N–H and O–H groups in total. The summed E-state index contributed by atoms with van der Waals surface area (Å²) >= 11 is 21.9. The van der Waals surface area contributed by atoms with E-state index in [0.717, 1.165) is 26.2 Å². The van der Waals surface area contributed by atoms with Crippen molar-refractivity contribution in [3.8, 4) is 0 Å². The summed E-state index contributed by atoms with van der Waals surface area (Å²) in [6.07, 6.45) is 1.17. The molecule has 3 aromatic carbocycles. The van der Waals surface area contributed by atoms with Crippen LogP contribution in [0, 0.1) is 0 Å². The lowest BCUT2D eigenvalue weighted by molar-refractivity contribution is -0.139. The van der Waals surface area contributed by atoms with E-state index in [-0.39, 0.29) is 33.7 Å². The first-order chi connectivity index (χ1) is 17.9. The molecule has 0 unspecified atom stereocenters. The minimum Gasteiger partial charge on any atom is -0.357 e. The van der Waals surface area contributed by atoms with Crippen LogP contribution in [-0.4, -0.2) is 51.0 Å². The number of carbonyl (C=O) groups is 2. The molecule has 0 fully saturated rings. The van der Waals surface area contributed by atoms with Crippen LogP contribution < -0.4 is 9.62 Å². The molecule has 0 spiro atoms. The summed E-state index contributed by atoms with van der Waals surface area (Å²) in [5.41, 5.74) is 1.59. The van der Waals surface area contributed by atoms with Crippen LogP contribution in [0.2, 0.25) is 15.1 Å². The summed E-state index contributed by atoms with van der Waals surface area (Å²) in [5, 5.41) is 2.85. The SMILES string of the molecule is CNC(=O)[C@@H](Cc1ccccc1)N(Cc1ccc(Br)cc1)C(=O)CN(c1cc(Cl)c(Cl)cc1Cl)S(C)(=O)=O. The van der Waals surface area contributed by atoms with Gasteiger partial charge in [-0.3, -0.25) is 13.9 Å². The van der Waals surface area contributed by atoms with Gasteiger partial charge in [0.05, 0.1) is 27.0 Å². The third kappa shape index (κ3) is 7.86. The van der Waals surface area contributed by atoms with Crippen molar-refractivity contribution >= 4 is 78.3 Å². The molecule has 2 amide bonds. The summed E-state index contributed by atoms with van der Waals surface area (Å²) in [6.45, 7) is -0.556. The van der Waals surface area contributed by atoms with Crippen LogP contribution in [0.25, 0.3) is 0 Å². The molecule has 0 heterocycles. The zero-order valence-corrected chi connectivity index (χ0v) is 25.2. The summed E-state index contributed by atoms with van der Waals surface area (Å²) in [7, 11) is -2.51. The Balaban J connectivity index is 2.06. The Bertz CT molecular complexity index is 1410. The topological polar surface area (TPSA) is 86.8 Å². The number of hydrogen-bond donors (Lipinski definition) is 1. The maximum absolute atomic E-state index is 13.9. The Morgan fingerprint density at radius 3 is 2.11 bits per heavy atom. The summed E-state index contributed by atoms with van der Waals surface area (Å²) in [6, 6.07) is 18.2. The van der Waals surface area contributed by atoms with Crippen molar-refractivity contribution in [1.29, 1.82) is 0 Å². The number of amides is 2. The van der Waals surface area contributed by atoms with Crippen LogP contribution in [0.4, 0.5) is 5.69 Å². The Labute approximate surface area is 245 Å². The number of nitrogens with one attached hydrogen (secondary N) is 1. The molecule has 0 aliphatic rings. The molecular weight excluding hydrogens is 637 g/mol. The van der Waals surface area contributed by atoms with E-state index in [4.69, 9.17) is 34.8 Å². The summed E-state index contributed by atoms with van der Waals surface area (Å²) < 4.78 is 27.4. The van der Waals surface area contributed by atoms with E-state index in [0.29, 0.717) is 0 Å². The predicted molar refractivity (Wildman–Crippen MR) is 156 cm³/mol. The molecule has 0 radical (unpaired) electrons. The molecule has 0 aliphatic carbocycles. The Morgan fingerprint density at radius 1 is 0.921 bits per heavy atom. The summed E-state index contributed by atoms with van der Waals surface area (Å²) in [4.78, 5) is 28.4. The monoisotopic (exact) mass is 659 g/mol. The van der Waals surface area contributed by atoms with E-state index in [9.17, 15) is 18.0 Å². The molecule has 0 aromatic heterocycles. The van der Waals surface area contributed by atoms with Crippen molar-refractivity contribution in [2.45, 2.75) is 19.0 Å². The third-order valence-corrected chi connectivity index (χ3v) is 8.40. The highest BCUT2D eigenvalue weighted by molar-refractivity contribution is 9.10. The molecular formula is C26H25BrCl3N3O4S. The number of hydrogen-bond acceptors (Lipinski definition) is 4. The molecule has 3 rings (SSSR count). The largest absolute Gasteiger partial charge is 0.357 e. The molecule has 38 heavy (non-hydrogen) atoms. The van der Waals surface area contributed by atoms with Crippen molar-refractivity contribution in [2.24, 2.45) is 0 Å². The minimum absolute atomic E-state index is 0.0000563. The maximum atomic E-state index is 13.9. The summed E-state index contributed by atoms with van der Waals surface area (Å²) in [5.74, 6) is -0.997. The van der Waals surface area contributed by atoms with Crippen LogP contribution in [0.5, 0.6) is 0 Å². The quantitative estimate of drug-likeness (QED) is 0.289. The van der Waals surface area contributed by atoms with Gasteiger partial charge in [-0.15, -0.1) is 0 Å². The first-order valence-corrected chi connectivity index (χ1v) is 15.1. The van der Waals surface area contributed by atoms with Gasteiger partial charge in [0.25, 0.3) is 0 Å². The number of carbonyl (C=O) groups excluding carboxylic acids is 2. The average Bonchev–Trinajstić information content (AvgIpc) is 2.87. The van der Waals surface area contributed by atoms with Crippen LogP contribution in [0.15, 0.2) is 71.2 Å². The Kier molecular flexibility index (Phi) is 10.5. The fourth-order valence-electron chi connectivity index (χ4n) is 3.81. The van der Waals surface area contributed by atoms with E-state index in [1.165, 1.54) is 24.1 Å². The van der Waals surface area contributed by atoms with Gasteiger partial charge in [-0.2, -0.15) is 0 Å². The highest BCUT2D eigenvalue weighted by Crippen LogP contribution is 2.35. The molecule has 3 aromatic rings. The molecule has 0 saturated heterocycles. The van der Waals surface area contributed by atoms with Gasteiger partial charge in [0, 0.05) is 24.5 Å². The molecule has 1 atom stereocenters. The van der Waals surface area contributed by atoms with Gasteiger partial charge >= 0.3 is 0 Å². The smallest absolute Gasteiger partial charge is 0.244 e. The molecule has 0 bridgehead atoms. The first-order valence-electron chi connectivity index (χ1n) is 11.3. The average molecular weight is 662 g/mol. The molecule has 7 nitrogen and oxygen atoms in total. The van der Waals surface area contributed by atoms with Gasteiger partial charge < -0.3 is 10.2 Å². The van der Waals surface area contributed by atoms with Crippen molar-refractivity contribution < 1.29 is 18.0 Å². The highest BCUT2D eigenvalue weighted by Gasteiger charge is 2.33. The lowest BCUT2D eigenvalue weighted by Gasteiger charge is -2.33. The molecule has 202 valence electrons. The van der Waals surface area contributed by atoms with Crippen molar-refractivity contribution in [1.82, 2.24) is 10.2 Å². The van der Waals surface area contributed by atoms with E-state index in [2.05, 4.69) is 21.2 Å². The number of anilines is 1. The Morgan fingerprint density at radius 2 is 1.53 bits per heavy atom. The van der Waals surface area contributed by atoms with Crippen molar-refractivity contribution in [3.63, 3.8) is 0 Å². The molecule has 12 heteroatoms. The lowest BCUT2D eigenvalue weighted by atomic mass is 10.0. The van der Waals surface area contributed by atoms with Crippen molar-refractivity contribution in [3.05, 3.63) is 97.4 Å². The lowest BCUT2D eigenvalue weighted by Crippen LogP contribution is -2.52. The van der Waals surface area contributed by atoms with Gasteiger partial charge in [-0.05, 0) is 35.4 Å². The van der Waals surface area contributed by atoms with Gasteiger partial charge in [0.2, 0.25) is 21.8 Å². The van der Waals surface area contributed by atoms with Gasteiger partial charge in [-0.25, -0.2) is 8.42 Å². The van der Waals surface area contributed by atoms with Gasteiger partial charge in [0.15, 0.2) is 0 Å². The normalized spacial score (nSPS) is 12.1. The van der Waals surface area contributed by atoms with Crippen LogP contribution in [0.1, 0.15) is 11.1 Å². The fourth-order valence-corrected chi connectivity index (χ4v) is 5.62. The van der Waals surface area contributed by atoms with E-state index < -0.39 is 34.4 Å². The number of nitrogens with zero attached hydrogens (tertiary/aromatic N) is 2. The second kappa shape index (κ2) is 13.2. The van der Waals surface area contributed by atoms with E-state index in [1.807, 2.05) is 54.6 Å².